The van der Waals surface area contributed by atoms with E-state index in [0.717, 1.165) is 24.5 Å². The Bertz CT molecular complexity index is 445. The maximum Gasteiger partial charge on any atom is 0.219 e. The second kappa shape index (κ2) is 4.59. The number of carbonyl (C=O) groups excluding carboxylic acids is 1. The molecule has 0 spiro atoms. The van der Waals surface area contributed by atoms with Crippen LogP contribution in [0.5, 0.6) is 0 Å². The van der Waals surface area contributed by atoms with Crippen LogP contribution in [0.4, 0.5) is 5.69 Å². The summed E-state index contributed by atoms with van der Waals surface area (Å²) in [6, 6.07) is 4.44. The molecule has 1 aliphatic rings. The number of aromatic nitrogens is 1. The van der Waals surface area contributed by atoms with Crippen LogP contribution in [-0.2, 0) is 10.2 Å². The molecule has 1 aliphatic heterocycles. The Morgan fingerprint density at radius 1 is 1.44 bits per heavy atom. The molecule has 0 aliphatic carbocycles. The lowest BCUT2D eigenvalue weighted by Gasteiger charge is -2.39. The van der Waals surface area contributed by atoms with E-state index in [0.29, 0.717) is 6.04 Å². The molecule has 1 aromatic heterocycles. The van der Waals surface area contributed by atoms with E-state index in [1.807, 2.05) is 17.2 Å². The molecule has 4 heteroatoms. The van der Waals surface area contributed by atoms with Gasteiger partial charge in [-0.2, -0.15) is 0 Å². The normalized spacial score (nSPS) is 16.3. The van der Waals surface area contributed by atoms with E-state index >= 15 is 0 Å². The van der Waals surface area contributed by atoms with Crippen LogP contribution in [0.1, 0.15) is 33.4 Å². The summed E-state index contributed by atoms with van der Waals surface area (Å²) in [6.45, 7) is 9.66. The molecule has 0 atom stereocenters. The van der Waals surface area contributed by atoms with E-state index in [4.69, 9.17) is 0 Å². The van der Waals surface area contributed by atoms with Crippen molar-refractivity contribution < 1.29 is 4.79 Å². The monoisotopic (exact) mass is 247 g/mol. The predicted molar refractivity (Wildman–Crippen MR) is 72.6 cm³/mol. The van der Waals surface area contributed by atoms with Gasteiger partial charge in [0.15, 0.2) is 0 Å². The van der Waals surface area contributed by atoms with Crippen molar-refractivity contribution in [2.24, 2.45) is 0 Å². The van der Waals surface area contributed by atoms with E-state index in [2.05, 4.69) is 37.1 Å². The fraction of sp³-hybridized carbons (Fsp3) is 0.571. The van der Waals surface area contributed by atoms with E-state index < -0.39 is 0 Å². The minimum absolute atomic E-state index is 0.0583. The summed E-state index contributed by atoms with van der Waals surface area (Å²) in [5.74, 6) is 0.151. The average molecular weight is 247 g/mol. The largest absolute Gasteiger partial charge is 0.379 e. The number of pyridine rings is 1. The molecule has 1 fully saturated rings. The van der Waals surface area contributed by atoms with Crippen LogP contribution in [0.2, 0.25) is 0 Å². The molecular formula is C14H21N3O. The lowest BCUT2D eigenvalue weighted by Crippen LogP contribution is -2.56. The summed E-state index contributed by atoms with van der Waals surface area (Å²) < 4.78 is 0. The first-order valence-corrected chi connectivity index (χ1v) is 6.35. The SMILES string of the molecule is CC(=O)N1CC(Nc2ccnc(C(C)(C)C)c2)C1. The van der Waals surface area contributed by atoms with Crippen LogP contribution in [0.25, 0.3) is 0 Å². The van der Waals surface area contributed by atoms with Crippen LogP contribution in [0.15, 0.2) is 18.3 Å². The van der Waals surface area contributed by atoms with Gasteiger partial charge in [0, 0.05) is 43.0 Å². The molecule has 0 bridgehead atoms. The van der Waals surface area contributed by atoms with E-state index in [1.165, 1.54) is 0 Å². The maximum absolute atomic E-state index is 11.1. The molecule has 1 amide bonds. The number of carbonyl (C=O) groups is 1. The number of amides is 1. The van der Waals surface area contributed by atoms with Gasteiger partial charge in [-0.25, -0.2) is 0 Å². The van der Waals surface area contributed by atoms with Gasteiger partial charge in [0.25, 0.3) is 0 Å². The number of hydrogen-bond donors (Lipinski definition) is 1. The van der Waals surface area contributed by atoms with Crippen molar-refractivity contribution in [1.82, 2.24) is 9.88 Å². The third-order valence-electron chi connectivity index (χ3n) is 3.23. The molecule has 1 N–H and O–H groups in total. The van der Waals surface area contributed by atoms with Crippen molar-refractivity contribution in [3.05, 3.63) is 24.0 Å². The average Bonchev–Trinajstić information content (AvgIpc) is 2.21. The highest BCUT2D eigenvalue weighted by Crippen LogP contribution is 2.23. The Morgan fingerprint density at radius 3 is 2.67 bits per heavy atom. The van der Waals surface area contributed by atoms with Crippen molar-refractivity contribution in [1.29, 1.82) is 0 Å². The van der Waals surface area contributed by atoms with Crippen LogP contribution in [-0.4, -0.2) is 34.9 Å². The number of anilines is 1. The Labute approximate surface area is 108 Å². The zero-order valence-electron chi connectivity index (χ0n) is 11.5. The molecule has 0 radical (unpaired) electrons. The van der Waals surface area contributed by atoms with Gasteiger partial charge in [0.1, 0.15) is 0 Å². The molecule has 0 saturated carbocycles. The molecule has 98 valence electrons. The van der Waals surface area contributed by atoms with Crippen LogP contribution in [0, 0.1) is 0 Å². The predicted octanol–water partition coefficient (Wildman–Crippen LogP) is 2.02. The first-order valence-electron chi connectivity index (χ1n) is 6.35. The first-order chi connectivity index (χ1) is 8.36. The fourth-order valence-corrected chi connectivity index (χ4v) is 1.99. The third kappa shape index (κ3) is 2.81. The van der Waals surface area contributed by atoms with Gasteiger partial charge >= 0.3 is 0 Å². The summed E-state index contributed by atoms with van der Waals surface area (Å²) in [4.78, 5) is 17.3. The van der Waals surface area contributed by atoms with Gasteiger partial charge in [-0.15, -0.1) is 0 Å². The Hall–Kier alpha value is -1.58. The summed E-state index contributed by atoms with van der Waals surface area (Å²) in [5.41, 5.74) is 2.22. The van der Waals surface area contributed by atoms with Gasteiger partial charge < -0.3 is 10.2 Å². The molecular weight excluding hydrogens is 226 g/mol. The summed E-state index contributed by atoms with van der Waals surface area (Å²) in [6.07, 6.45) is 1.84. The Morgan fingerprint density at radius 2 is 2.11 bits per heavy atom. The maximum atomic E-state index is 11.1. The van der Waals surface area contributed by atoms with Gasteiger partial charge in [-0.3, -0.25) is 9.78 Å². The number of nitrogens with zero attached hydrogens (tertiary/aromatic N) is 2. The summed E-state index contributed by atoms with van der Waals surface area (Å²) in [5, 5.41) is 3.44. The van der Waals surface area contributed by atoms with E-state index in [9.17, 15) is 4.79 Å². The fourth-order valence-electron chi connectivity index (χ4n) is 1.99. The highest BCUT2D eigenvalue weighted by molar-refractivity contribution is 5.74. The Kier molecular flexibility index (Phi) is 3.28. The molecule has 0 unspecified atom stereocenters. The zero-order chi connectivity index (χ0) is 13.3. The number of hydrogen-bond acceptors (Lipinski definition) is 3. The van der Waals surface area contributed by atoms with Crippen molar-refractivity contribution >= 4 is 11.6 Å². The van der Waals surface area contributed by atoms with Gasteiger partial charge in [0.05, 0.1) is 6.04 Å². The second-order valence-corrected chi connectivity index (χ2v) is 5.95. The van der Waals surface area contributed by atoms with E-state index in [1.54, 1.807) is 6.92 Å². The first kappa shape index (κ1) is 12.9. The van der Waals surface area contributed by atoms with Crippen LogP contribution in [0.3, 0.4) is 0 Å². The van der Waals surface area contributed by atoms with Crippen LogP contribution >= 0.6 is 0 Å². The molecule has 4 nitrogen and oxygen atoms in total. The van der Waals surface area contributed by atoms with Gasteiger partial charge in [-0.1, -0.05) is 20.8 Å². The smallest absolute Gasteiger partial charge is 0.219 e. The number of likely N-dealkylation sites (tertiary alicyclic amines) is 1. The lowest BCUT2D eigenvalue weighted by atomic mass is 9.91. The minimum Gasteiger partial charge on any atom is -0.379 e. The minimum atomic E-state index is 0.0583. The highest BCUT2D eigenvalue weighted by Gasteiger charge is 2.28. The highest BCUT2D eigenvalue weighted by atomic mass is 16.2. The second-order valence-electron chi connectivity index (χ2n) is 5.95. The molecule has 0 aromatic carbocycles. The van der Waals surface area contributed by atoms with Crippen molar-refractivity contribution in [3.8, 4) is 0 Å². The molecule has 1 saturated heterocycles. The molecule has 2 heterocycles. The summed E-state index contributed by atoms with van der Waals surface area (Å²) in [7, 11) is 0. The van der Waals surface area contributed by atoms with E-state index in [-0.39, 0.29) is 11.3 Å². The zero-order valence-corrected chi connectivity index (χ0v) is 11.5. The molecule has 2 rings (SSSR count). The molecule has 1 aromatic rings. The quantitative estimate of drug-likeness (QED) is 0.869. The number of nitrogens with one attached hydrogen (secondary N) is 1. The lowest BCUT2D eigenvalue weighted by molar-refractivity contribution is -0.132. The molecule has 18 heavy (non-hydrogen) atoms. The van der Waals surface area contributed by atoms with Crippen molar-refractivity contribution in [3.63, 3.8) is 0 Å². The number of rotatable bonds is 2. The van der Waals surface area contributed by atoms with Crippen molar-refractivity contribution in [2.75, 3.05) is 18.4 Å². The van der Waals surface area contributed by atoms with Crippen molar-refractivity contribution in [2.45, 2.75) is 39.2 Å². The van der Waals surface area contributed by atoms with Gasteiger partial charge in [0.2, 0.25) is 5.91 Å². The topological polar surface area (TPSA) is 45.2 Å². The Balaban J connectivity index is 1.97. The van der Waals surface area contributed by atoms with Crippen LogP contribution < -0.4 is 5.32 Å². The van der Waals surface area contributed by atoms with Gasteiger partial charge in [-0.05, 0) is 12.1 Å². The third-order valence-corrected chi connectivity index (χ3v) is 3.23. The standard InChI is InChI=1S/C14H21N3O/c1-10(18)17-8-12(9-17)16-11-5-6-15-13(7-11)14(2,3)4/h5-7,12H,8-9H2,1-4H3,(H,15,16). The summed E-state index contributed by atoms with van der Waals surface area (Å²) >= 11 is 0.